The highest BCUT2D eigenvalue weighted by atomic mass is 15.6. The monoisotopic (exact) mass is 157 g/mol. The molecule has 0 N–H and O–H groups in total. The van der Waals surface area contributed by atoms with Crippen molar-refractivity contribution in [3.63, 3.8) is 0 Å². The highest BCUT2D eigenvalue weighted by molar-refractivity contribution is 4.63. The van der Waals surface area contributed by atoms with Crippen LogP contribution in [0.4, 0.5) is 0 Å². The van der Waals surface area contributed by atoms with E-state index in [0.717, 1.165) is 0 Å². The first-order chi connectivity index (χ1) is 5.20. The van der Waals surface area contributed by atoms with Crippen LogP contribution < -0.4 is 0 Å². The summed E-state index contributed by atoms with van der Waals surface area (Å²) in [5.41, 5.74) is 0. The molecule has 1 aliphatic rings. The lowest BCUT2D eigenvalue weighted by Gasteiger charge is -2.26. The van der Waals surface area contributed by atoms with Gasteiger partial charge in [0, 0.05) is 33.7 Å². The van der Waals surface area contributed by atoms with E-state index < -0.39 is 0 Å². The molecule has 0 unspecified atom stereocenters. The molecule has 0 saturated carbocycles. The number of nitrogens with zero attached hydrogens (tertiary/aromatic N) is 3. The Hall–Kier alpha value is -0.120. The number of hydrogen-bond donors (Lipinski definition) is 0. The molecule has 11 heavy (non-hydrogen) atoms. The topological polar surface area (TPSA) is 9.72 Å². The fraction of sp³-hybridized carbons (Fsp3) is 1.00. The number of hydrogen-bond acceptors (Lipinski definition) is 3. The molecule has 0 atom stereocenters. The molecule has 3 heteroatoms. The van der Waals surface area contributed by atoms with Gasteiger partial charge in [-0.2, -0.15) is 0 Å². The third-order valence-electron chi connectivity index (χ3n) is 2.26. The molecule has 1 aliphatic heterocycles. The Bertz CT molecular complexity index is 114. The van der Waals surface area contributed by atoms with E-state index in [9.17, 15) is 0 Å². The molecular weight excluding hydrogens is 138 g/mol. The third kappa shape index (κ3) is 2.77. The van der Waals surface area contributed by atoms with Gasteiger partial charge in [0.2, 0.25) is 0 Å². The third-order valence-corrected chi connectivity index (χ3v) is 2.26. The molecule has 0 aromatic heterocycles. The van der Waals surface area contributed by atoms with E-state index in [-0.39, 0.29) is 0 Å². The van der Waals surface area contributed by atoms with Crippen molar-refractivity contribution < 1.29 is 0 Å². The van der Waals surface area contributed by atoms with Crippen molar-refractivity contribution in [3.8, 4) is 0 Å². The maximum Gasteiger partial charge on any atom is 0.0260 e. The van der Waals surface area contributed by atoms with Crippen molar-refractivity contribution >= 4 is 0 Å². The Kier molecular flexibility index (Phi) is 3.30. The van der Waals surface area contributed by atoms with E-state index in [2.05, 4.69) is 36.1 Å². The second-order valence-corrected chi connectivity index (χ2v) is 3.46. The van der Waals surface area contributed by atoms with Crippen LogP contribution in [0.1, 0.15) is 6.42 Å². The SMILES string of the molecule is CN1CCCN(N(C)C)CC1. The molecule has 0 radical (unpaired) electrons. The van der Waals surface area contributed by atoms with Gasteiger partial charge in [-0.1, -0.05) is 0 Å². The number of likely N-dealkylation sites (N-methyl/N-ethyl adjacent to an activating group) is 1. The van der Waals surface area contributed by atoms with Gasteiger partial charge in [0.05, 0.1) is 0 Å². The Morgan fingerprint density at radius 3 is 2.36 bits per heavy atom. The maximum atomic E-state index is 2.39. The van der Waals surface area contributed by atoms with Crippen LogP contribution in [0.5, 0.6) is 0 Å². The van der Waals surface area contributed by atoms with E-state index in [1.165, 1.54) is 32.6 Å². The molecule has 0 aromatic carbocycles. The summed E-state index contributed by atoms with van der Waals surface area (Å²) in [6.07, 6.45) is 1.29. The predicted octanol–water partition coefficient (Wildman–Crippen LogP) is 0.100. The first-order valence-corrected chi connectivity index (χ1v) is 4.31. The van der Waals surface area contributed by atoms with E-state index in [0.29, 0.717) is 0 Å². The lowest BCUT2D eigenvalue weighted by atomic mass is 10.4. The zero-order chi connectivity index (χ0) is 8.27. The maximum absolute atomic E-state index is 2.39. The quantitative estimate of drug-likeness (QED) is 0.534. The van der Waals surface area contributed by atoms with Crippen molar-refractivity contribution in [2.45, 2.75) is 6.42 Å². The Balaban J connectivity index is 2.34. The zero-order valence-corrected chi connectivity index (χ0v) is 7.88. The van der Waals surface area contributed by atoms with Crippen LogP contribution in [0.2, 0.25) is 0 Å². The summed E-state index contributed by atoms with van der Waals surface area (Å²) in [6, 6.07) is 0. The summed E-state index contributed by atoms with van der Waals surface area (Å²) in [4.78, 5) is 2.39. The van der Waals surface area contributed by atoms with Crippen LogP contribution in [-0.4, -0.2) is 62.2 Å². The van der Waals surface area contributed by atoms with E-state index in [1.54, 1.807) is 0 Å². The molecule has 1 saturated heterocycles. The fourth-order valence-electron chi connectivity index (χ4n) is 1.43. The van der Waals surface area contributed by atoms with Crippen molar-refractivity contribution in [1.82, 2.24) is 14.9 Å². The molecule has 3 nitrogen and oxygen atoms in total. The van der Waals surface area contributed by atoms with Crippen LogP contribution >= 0.6 is 0 Å². The lowest BCUT2D eigenvalue weighted by Crippen LogP contribution is -2.39. The molecule has 0 bridgehead atoms. The van der Waals surface area contributed by atoms with Gasteiger partial charge in [-0.05, 0) is 20.0 Å². The molecule has 1 fully saturated rings. The Labute approximate surface area is 69.5 Å². The normalized spacial score (nSPS) is 24.0. The summed E-state index contributed by atoms with van der Waals surface area (Å²) >= 11 is 0. The minimum atomic E-state index is 1.17. The Morgan fingerprint density at radius 1 is 1.00 bits per heavy atom. The van der Waals surface area contributed by atoms with E-state index >= 15 is 0 Å². The van der Waals surface area contributed by atoms with Gasteiger partial charge in [0.1, 0.15) is 0 Å². The summed E-state index contributed by atoms with van der Waals surface area (Å²) in [5.74, 6) is 0. The summed E-state index contributed by atoms with van der Waals surface area (Å²) in [5, 5.41) is 4.59. The summed E-state index contributed by atoms with van der Waals surface area (Å²) in [6.45, 7) is 4.81. The smallest absolute Gasteiger partial charge is 0.0260 e. The Morgan fingerprint density at radius 2 is 1.73 bits per heavy atom. The number of hydrazine groups is 1. The second kappa shape index (κ2) is 4.04. The van der Waals surface area contributed by atoms with Crippen molar-refractivity contribution in [1.29, 1.82) is 0 Å². The van der Waals surface area contributed by atoms with Crippen molar-refractivity contribution in [2.75, 3.05) is 47.3 Å². The van der Waals surface area contributed by atoms with Crippen LogP contribution in [0, 0.1) is 0 Å². The molecular formula is C8H19N3. The van der Waals surface area contributed by atoms with Gasteiger partial charge < -0.3 is 4.90 Å². The van der Waals surface area contributed by atoms with Gasteiger partial charge in [0.25, 0.3) is 0 Å². The summed E-state index contributed by atoms with van der Waals surface area (Å²) in [7, 11) is 6.43. The van der Waals surface area contributed by atoms with Crippen LogP contribution in [-0.2, 0) is 0 Å². The number of rotatable bonds is 1. The van der Waals surface area contributed by atoms with Gasteiger partial charge in [-0.3, -0.25) is 0 Å². The van der Waals surface area contributed by atoms with Crippen molar-refractivity contribution in [3.05, 3.63) is 0 Å². The van der Waals surface area contributed by atoms with Crippen LogP contribution in [0.25, 0.3) is 0 Å². The summed E-state index contributed by atoms with van der Waals surface area (Å²) < 4.78 is 0. The minimum absolute atomic E-state index is 1.17. The fourth-order valence-corrected chi connectivity index (χ4v) is 1.43. The molecule has 0 aliphatic carbocycles. The molecule has 0 amide bonds. The van der Waals surface area contributed by atoms with Gasteiger partial charge >= 0.3 is 0 Å². The average molecular weight is 157 g/mol. The minimum Gasteiger partial charge on any atom is -0.305 e. The molecule has 1 rings (SSSR count). The van der Waals surface area contributed by atoms with E-state index in [4.69, 9.17) is 0 Å². The standard InChI is InChI=1S/C8H19N3/c1-9(2)11-6-4-5-10(3)7-8-11/h4-8H2,1-3H3. The lowest BCUT2D eigenvalue weighted by molar-refractivity contribution is 0.0304. The highest BCUT2D eigenvalue weighted by Crippen LogP contribution is 2.01. The predicted molar refractivity (Wildman–Crippen MR) is 47.4 cm³/mol. The van der Waals surface area contributed by atoms with Crippen molar-refractivity contribution in [2.24, 2.45) is 0 Å². The first-order valence-electron chi connectivity index (χ1n) is 4.31. The van der Waals surface area contributed by atoms with Crippen LogP contribution in [0.15, 0.2) is 0 Å². The second-order valence-electron chi connectivity index (χ2n) is 3.46. The van der Waals surface area contributed by atoms with Gasteiger partial charge in [0.15, 0.2) is 0 Å². The van der Waals surface area contributed by atoms with Gasteiger partial charge in [-0.25, -0.2) is 10.0 Å². The highest BCUT2D eigenvalue weighted by Gasteiger charge is 2.12. The zero-order valence-electron chi connectivity index (χ0n) is 7.88. The first kappa shape index (κ1) is 8.97. The van der Waals surface area contributed by atoms with Crippen LogP contribution in [0.3, 0.4) is 0 Å². The van der Waals surface area contributed by atoms with Gasteiger partial charge in [-0.15, -0.1) is 0 Å². The molecule has 1 heterocycles. The molecule has 0 aromatic rings. The average Bonchev–Trinajstić information content (AvgIpc) is 2.13. The molecule has 0 spiro atoms. The van der Waals surface area contributed by atoms with E-state index in [1.807, 2.05) is 0 Å². The molecule has 66 valence electrons. The largest absolute Gasteiger partial charge is 0.305 e.